The second-order valence-electron chi connectivity index (χ2n) is 4.85. The summed E-state index contributed by atoms with van der Waals surface area (Å²) >= 11 is 0. The minimum atomic E-state index is -0.563. The minimum Gasteiger partial charge on any atom is -0.483 e. The van der Waals surface area contributed by atoms with Gasteiger partial charge in [0.25, 0.3) is 17.3 Å². The van der Waals surface area contributed by atoms with Gasteiger partial charge in [0.15, 0.2) is 6.61 Å². The Morgan fingerprint density at radius 1 is 1.08 bits per heavy atom. The van der Waals surface area contributed by atoms with Crippen molar-refractivity contribution >= 4 is 23.0 Å². The molecule has 0 saturated carbocycles. The largest absolute Gasteiger partial charge is 0.483 e. The maximum absolute atomic E-state index is 11.8. The first-order valence-corrected chi connectivity index (χ1v) is 6.79. The molecule has 0 spiro atoms. The average Bonchev–Trinajstić information content (AvgIpc) is 2.53. The molecule has 9 nitrogen and oxygen atoms in total. The van der Waals surface area contributed by atoms with Gasteiger partial charge in [0.05, 0.1) is 9.85 Å². The molecule has 0 radical (unpaired) electrons. The van der Waals surface area contributed by atoms with Crippen LogP contribution in [0.2, 0.25) is 0 Å². The molecule has 0 fully saturated rings. The number of nitrogens with zero attached hydrogens (tertiary/aromatic N) is 2. The van der Waals surface area contributed by atoms with Crippen molar-refractivity contribution in [3.8, 4) is 5.75 Å². The van der Waals surface area contributed by atoms with Crippen LogP contribution in [-0.2, 0) is 4.79 Å². The fourth-order valence-corrected chi connectivity index (χ4v) is 1.95. The first-order valence-electron chi connectivity index (χ1n) is 6.79. The van der Waals surface area contributed by atoms with E-state index in [-0.39, 0.29) is 23.7 Å². The second kappa shape index (κ2) is 7.18. The number of amides is 1. The van der Waals surface area contributed by atoms with Gasteiger partial charge in [-0.05, 0) is 24.6 Å². The number of hydrogen-bond donors (Lipinski definition) is 1. The normalized spacial score (nSPS) is 10.0. The summed E-state index contributed by atoms with van der Waals surface area (Å²) in [6.45, 7) is 1.29. The molecule has 1 N–H and O–H groups in total. The van der Waals surface area contributed by atoms with E-state index in [1.54, 1.807) is 6.92 Å². The van der Waals surface area contributed by atoms with E-state index < -0.39 is 15.8 Å². The molecule has 2 rings (SSSR count). The molecule has 0 aliphatic rings. The number of aryl methyl sites for hydroxylation is 1. The van der Waals surface area contributed by atoms with E-state index in [0.717, 1.165) is 0 Å². The van der Waals surface area contributed by atoms with Gasteiger partial charge in [0.2, 0.25) is 0 Å². The quantitative estimate of drug-likeness (QED) is 0.641. The lowest BCUT2D eigenvalue weighted by Crippen LogP contribution is -2.20. The number of benzene rings is 2. The molecule has 24 heavy (non-hydrogen) atoms. The fourth-order valence-electron chi connectivity index (χ4n) is 1.95. The molecule has 0 unspecified atom stereocenters. The SMILES string of the molecule is Cc1cc([N+](=O)[O-])ccc1OCC(=O)Nc1cccc([N+](=O)[O-])c1. The van der Waals surface area contributed by atoms with Gasteiger partial charge in [-0.15, -0.1) is 0 Å². The second-order valence-corrected chi connectivity index (χ2v) is 4.85. The van der Waals surface area contributed by atoms with Gasteiger partial charge in [-0.3, -0.25) is 25.0 Å². The predicted molar refractivity (Wildman–Crippen MR) is 85.1 cm³/mol. The Morgan fingerprint density at radius 3 is 2.38 bits per heavy atom. The Labute approximate surface area is 136 Å². The smallest absolute Gasteiger partial charge is 0.271 e. The molecule has 0 heterocycles. The number of ether oxygens (including phenoxy) is 1. The van der Waals surface area contributed by atoms with Crippen molar-refractivity contribution in [3.05, 3.63) is 68.3 Å². The van der Waals surface area contributed by atoms with Crippen LogP contribution in [0.15, 0.2) is 42.5 Å². The van der Waals surface area contributed by atoms with Crippen LogP contribution in [0.1, 0.15) is 5.56 Å². The molecule has 0 aromatic heterocycles. The summed E-state index contributed by atoms with van der Waals surface area (Å²) in [6, 6.07) is 9.54. The molecule has 124 valence electrons. The van der Waals surface area contributed by atoms with Crippen LogP contribution >= 0.6 is 0 Å². The van der Waals surface area contributed by atoms with Crippen molar-refractivity contribution < 1.29 is 19.4 Å². The van der Waals surface area contributed by atoms with Gasteiger partial charge < -0.3 is 10.1 Å². The highest BCUT2D eigenvalue weighted by Gasteiger charge is 2.11. The summed E-state index contributed by atoms with van der Waals surface area (Å²) < 4.78 is 5.31. The summed E-state index contributed by atoms with van der Waals surface area (Å²) in [6.07, 6.45) is 0. The van der Waals surface area contributed by atoms with Crippen molar-refractivity contribution in [2.75, 3.05) is 11.9 Å². The Morgan fingerprint density at radius 2 is 1.75 bits per heavy atom. The van der Waals surface area contributed by atoms with E-state index >= 15 is 0 Å². The molecule has 0 aliphatic heterocycles. The van der Waals surface area contributed by atoms with Gasteiger partial charge in [-0.1, -0.05) is 6.07 Å². The molecule has 2 aromatic rings. The molecular weight excluding hydrogens is 318 g/mol. The molecule has 9 heteroatoms. The third-order valence-electron chi connectivity index (χ3n) is 3.07. The van der Waals surface area contributed by atoms with Gasteiger partial charge in [0, 0.05) is 30.0 Å². The van der Waals surface area contributed by atoms with Crippen LogP contribution in [0.4, 0.5) is 17.1 Å². The highest BCUT2D eigenvalue weighted by Crippen LogP contribution is 2.23. The number of nitro benzene ring substituents is 2. The van der Waals surface area contributed by atoms with E-state index in [1.165, 1.54) is 42.5 Å². The number of rotatable bonds is 6. The van der Waals surface area contributed by atoms with E-state index in [9.17, 15) is 25.0 Å². The molecule has 2 aromatic carbocycles. The molecule has 0 bridgehead atoms. The van der Waals surface area contributed by atoms with E-state index in [4.69, 9.17) is 4.74 Å². The van der Waals surface area contributed by atoms with Gasteiger partial charge in [0.1, 0.15) is 5.75 Å². The van der Waals surface area contributed by atoms with Crippen LogP contribution in [0.5, 0.6) is 5.75 Å². The lowest BCUT2D eigenvalue weighted by atomic mass is 10.2. The first kappa shape index (κ1) is 16.9. The summed E-state index contributed by atoms with van der Waals surface area (Å²) in [7, 11) is 0. The number of hydrogen-bond acceptors (Lipinski definition) is 6. The Bertz CT molecular complexity index is 806. The zero-order valence-corrected chi connectivity index (χ0v) is 12.6. The van der Waals surface area contributed by atoms with E-state index in [2.05, 4.69) is 5.32 Å². The van der Waals surface area contributed by atoms with Crippen LogP contribution in [-0.4, -0.2) is 22.4 Å². The molecule has 0 atom stereocenters. The Hall–Kier alpha value is -3.49. The average molecular weight is 331 g/mol. The maximum atomic E-state index is 11.8. The predicted octanol–water partition coefficient (Wildman–Crippen LogP) is 2.83. The summed E-state index contributed by atoms with van der Waals surface area (Å²) in [5.41, 5.74) is 0.589. The Balaban J connectivity index is 1.97. The van der Waals surface area contributed by atoms with Gasteiger partial charge in [-0.2, -0.15) is 0 Å². The third kappa shape index (κ3) is 4.26. The summed E-state index contributed by atoms with van der Waals surface area (Å²) in [4.78, 5) is 32.1. The molecule has 0 saturated heterocycles. The number of nitro groups is 2. The lowest BCUT2D eigenvalue weighted by molar-refractivity contribution is -0.385. The lowest BCUT2D eigenvalue weighted by Gasteiger charge is -2.09. The van der Waals surface area contributed by atoms with Crippen molar-refractivity contribution in [1.29, 1.82) is 0 Å². The monoisotopic (exact) mass is 331 g/mol. The maximum Gasteiger partial charge on any atom is 0.271 e. The van der Waals surface area contributed by atoms with E-state index in [1.807, 2.05) is 0 Å². The first-order chi connectivity index (χ1) is 11.4. The topological polar surface area (TPSA) is 125 Å². The number of non-ortho nitro benzene ring substituents is 2. The number of carbonyl (C=O) groups excluding carboxylic acids is 1. The van der Waals surface area contributed by atoms with Crippen LogP contribution < -0.4 is 10.1 Å². The van der Waals surface area contributed by atoms with Crippen molar-refractivity contribution in [2.45, 2.75) is 6.92 Å². The summed E-state index contributed by atoms with van der Waals surface area (Å²) in [5.74, 6) is -0.164. The summed E-state index contributed by atoms with van der Waals surface area (Å²) in [5, 5.41) is 23.8. The highest BCUT2D eigenvalue weighted by atomic mass is 16.6. The van der Waals surface area contributed by atoms with Crippen molar-refractivity contribution in [2.24, 2.45) is 0 Å². The Kier molecular flexibility index (Phi) is 5.05. The highest BCUT2D eigenvalue weighted by molar-refractivity contribution is 5.92. The van der Waals surface area contributed by atoms with Gasteiger partial charge >= 0.3 is 0 Å². The van der Waals surface area contributed by atoms with Crippen LogP contribution in [0, 0.1) is 27.2 Å². The number of nitrogens with one attached hydrogen (secondary N) is 1. The minimum absolute atomic E-state index is 0.0686. The molecular formula is C15H13N3O6. The van der Waals surface area contributed by atoms with Crippen molar-refractivity contribution in [3.63, 3.8) is 0 Å². The fraction of sp³-hybridized carbons (Fsp3) is 0.133. The van der Waals surface area contributed by atoms with Crippen molar-refractivity contribution in [1.82, 2.24) is 0 Å². The third-order valence-corrected chi connectivity index (χ3v) is 3.07. The van der Waals surface area contributed by atoms with Crippen LogP contribution in [0.3, 0.4) is 0 Å². The van der Waals surface area contributed by atoms with E-state index in [0.29, 0.717) is 11.3 Å². The molecule has 1 amide bonds. The zero-order valence-electron chi connectivity index (χ0n) is 12.6. The number of anilines is 1. The van der Waals surface area contributed by atoms with Gasteiger partial charge in [-0.25, -0.2) is 0 Å². The molecule has 0 aliphatic carbocycles. The standard InChI is InChI=1S/C15H13N3O6/c1-10-7-13(18(22)23)5-6-14(10)24-9-15(19)16-11-3-2-4-12(8-11)17(20)21/h2-8H,9H2,1H3,(H,16,19). The zero-order chi connectivity index (χ0) is 17.7. The number of carbonyl (C=O) groups is 1. The van der Waals surface area contributed by atoms with Crippen LogP contribution in [0.25, 0.3) is 0 Å².